The number of nitrogens with one attached hydrogen (secondary N) is 1. The number of sulfone groups is 1. The van der Waals surface area contributed by atoms with Gasteiger partial charge >= 0.3 is 0 Å². The highest BCUT2D eigenvalue weighted by atomic mass is 32.2. The summed E-state index contributed by atoms with van der Waals surface area (Å²) < 4.78 is 35.9. The zero-order chi connectivity index (χ0) is 13.9. The Hall–Kier alpha value is -1.95. The Kier molecular flexibility index (Phi) is 3.80. The molecule has 0 aliphatic carbocycles. The summed E-state index contributed by atoms with van der Waals surface area (Å²) >= 11 is 0. The molecule has 0 atom stereocenters. The third kappa shape index (κ3) is 3.51. The minimum Gasteiger partial charge on any atom is -0.365 e. The van der Waals surface area contributed by atoms with E-state index in [9.17, 15) is 12.8 Å². The van der Waals surface area contributed by atoms with Crippen LogP contribution >= 0.6 is 0 Å². The van der Waals surface area contributed by atoms with Crippen molar-refractivity contribution in [3.8, 4) is 0 Å². The Morgan fingerprint density at radius 1 is 1.21 bits per heavy atom. The molecular formula is C13H13FN2O2S. The maximum absolute atomic E-state index is 12.8. The highest BCUT2D eigenvalue weighted by Crippen LogP contribution is 2.18. The van der Waals surface area contributed by atoms with Gasteiger partial charge in [-0.3, -0.25) is 0 Å². The Labute approximate surface area is 111 Å². The molecule has 0 saturated carbocycles. The molecule has 0 saturated heterocycles. The van der Waals surface area contributed by atoms with E-state index < -0.39 is 9.84 Å². The van der Waals surface area contributed by atoms with Crippen molar-refractivity contribution in [3.05, 3.63) is 54.0 Å². The van der Waals surface area contributed by atoms with E-state index in [1.54, 1.807) is 18.2 Å². The maximum atomic E-state index is 12.8. The average Bonchev–Trinajstić information content (AvgIpc) is 2.37. The van der Waals surface area contributed by atoms with Crippen LogP contribution in [0.4, 0.5) is 10.2 Å². The first-order chi connectivity index (χ1) is 8.97. The molecule has 100 valence electrons. The topological polar surface area (TPSA) is 59.1 Å². The van der Waals surface area contributed by atoms with Crippen molar-refractivity contribution in [1.29, 1.82) is 0 Å². The molecule has 0 spiro atoms. The van der Waals surface area contributed by atoms with Crippen molar-refractivity contribution in [2.75, 3.05) is 11.6 Å². The second-order valence-electron chi connectivity index (χ2n) is 4.10. The number of anilines is 1. The Morgan fingerprint density at radius 3 is 2.53 bits per heavy atom. The van der Waals surface area contributed by atoms with Crippen molar-refractivity contribution in [2.24, 2.45) is 0 Å². The van der Waals surface area contributed by atoms with Crippen LogP contribution in [-0.2, 0) is 16.4 Å². The van der Waals surface area contributed by atoms with Gasteiger partial charge in [0.25, 0.3) is 0 Å². The van der Waals surface area contributed by atoms with Gasteiger partial charge in [-0.25, -0.2) is 17.8 Å². The van der Waals surface area contributed by atoms with E-state index in [0.29, 0.717) is 12.4 Å². The van der Waals surface area contributed by atoms with Crippen LogP contribution in [0.25, 0.3) is 0 Å². The third-order valence-corrected chi connectivity index (χ3v) is 3.67. The molecule has 0 bridgehead atoms. The zero-order valence-corrected chi connectivity index (χ0v) is 11.1. The van der Waals surface area contributed by atoms with Gasteiger partial charge in [0.15, 0.2) is 9.84 Å². The normalized spacial score (nSPS) is 11.3. The summed E-state index contributed by atoms with van der Waals surface area (Å²) in [5.41, 5.74) is 0.839. The van der Waals surface area contributed by atoms with E-state index in [-0.39, 0.29) is 10.7 Å². The van der Waals surface area contributed by atoms with Gasteiger partial charge in [-0.1, -0.05) is 12.1 Å². The van der Waals surface area contributed by atoms with Crippen LogP contribution in [0.1, 0.15) is 5.56 Å². The lowest BCUT2D eigenvalue weighted by Crippen LogP contribution is -2.07. The first-order valence-electron chi connectivity index (χ1n) is 5.60. The molecule has 6 heteroatoms. The molecule has 4 nitrogen and oxygen atoms in total. The van der Waals surface area contributed by atoms with Crippen LogP contribution < -0.4 is 5.32 Å². The molecule has 0 radical (unpaired) electrons. The summed E-state index contributed by atoms with van der Waals surface area (Å²) in [5.74, 6) is -0.00673. The van der Waals surface area contributed by atoms with Crippen LogP contribution in [0.3, 0.4) is 0 Å². The quantitative estimate of drug-likeness (QED) is 0.933. The Balaban J connectivity index is 2.18. The predicted octanol–water partition coefficient (Wildman–Crippen LogP) is 2.24. The van der Waals surface area contributed by atoms with Crippen molar-refractivity contribution in [3.63, 3.8) is 0 Å². The highest BCUT2D eigenvalue weighted by molar-refractivity contribution is 7.90. The number of aromatic nitrogens is 1. The predicted molar refractivity (Wildman–Crippen MR) is 71.1 cm³/mol. The lowest BCUT2D eigenvalue weighted by Gasteiger charge is -2.09. The molecular weight excluding hydrogens is 267 g/mol. The van der Waals surface area contributed by atoms with E-state index in [2.05, 4.69) is 10.3 Å². The molecule has 0 fully saturated rings. The third-order valence-electron chi connectivity index (χ3n) is 2.54. The molecule has 0 unspecified atom stereocenters. The van der Waals surface area contributed by atoms with E-state index in [1.807, 2.05) is 0 Å². The van der Waals surface area contributed by atoms with Gasteiger partial charge in [0.1, 0.15) is 16.5 Å². The Bertz CT molecular complexity index is 669. The molecule has 2 aromatic rings. The van der Waals surface area contributed by atoms with Crippen molar-refractivity contribution >= 4 is 15.7 Å². The summed E-state index contributed by atoms with van der Waals surface area (Å²) in [5, 5.41) is 2.94. The van der Waals surface area contributed by atoms with Crippen molar-refractivity contribution < 1.29 is 12.8 Å². The minimum atomic E-state index is -3.33. The van der Waals surface area contributed by atoms with Crippen molar-refractivity contribution in [2.45, 2.75) is 11.4 Å². The van der Waals surface area contributed by atoms with Crippen LogP contribution in [0.15, 0.2) is 47.5 Å². The number of pyridine rings is 1. The fourth-order valence-electron chi connectivity index (χ4n) is 1.61. The van der Waals surface area contributed by atoms with Crippen LogP contribution in [0.5, 0.6) is 0 Å². The van der Waals surface area contributed by atoms with E-state index in [1.165, 1.54) is 24.4 Å². The van der Waals surface area contributed by atoms with Crippen LogP contribution in [0, 0.1) is 5.82 Å². The first kappa shape index (κ1) is 13.5. The fourth-order valence-corrected chi connectivity index (χ4v) is 2.41. The van der Waals surface area contributed by atoms with E-state index in [0.717, 1.165) is 11.8 Å². The molecule has 1 heterocycles. The van der Waals surface area contributed by atoms with Crippen LogP contribution in [-0.4, -0.2) is 19.7 Å². The first-order valence-corrected chi connectivity index (χ1v) is 7.49. The van der Waals surface area contributed by atoms with Gasteiger partial charge in [-0.05, 0) is 29.8 Å². The summed E-state index contributed by atoms with van der Waals surface area (Å²) in [6, 6.07) is 9.03. The van der Waals surface area contributed by atoms with E-state index in [4.69, 9.17) is 0 Å². The number of nitrogens with zero attached hydrogens (tertiary/aromatic N) is 1. The second kappa shape index (κ2) is 5.36. The molecule has 0 aliphatic heterocycles. The molecule has 0 amide bonds. The number of benzene rings is 1. The lowest BCUT2D eigenvalue weighted by atomic mass is 10.2. The maximum Gasteiger partial charge on any atom is 0.179 e. The summed E-state index contributed by atoms with van der Waals surface area (Å²) in [6.07, 6.45) is 2.65. The number of halogens is 1. The van der Waals surface area contributed by atoms with Gasteiger partial charge in [0.05, 0.1) is 0 Å². The van der Waals surface area contributed by atoms with Gasteiger partial charge in [-0.2, -0.15) is 0 Å². The number of hydrogen-bond acceptors (Lipinski definition) is 4. The summed E-state index contributed by atoms with van der Waals surface area (Å²) in [4.78, 5) is 4.16. The smallest absolute Gasteiger partial charge is 0.179 e. The van der Waals surface area contributed by atoms with Gasteiger partial charge in [0.2, 0.25) is 0 Å². The van der Waals surface area contributed by atoms with E-state index >= 15 is 0 Å². The molecule has 0 aliphatic rings. The number of rotatable bonds is 4. The SMILES string of the molecule is CS(=O)(=O)c1cccnc1NCc1ccc(F)cc1. The van der Waals surface area contributed by atoms with Gasteiger partial charge in [-0.15, -0.1) is 0 Å². The average molecular weight is 280 g/mol. The standard InChI is InChI=1S/C13H13FN2O2S/c1-19(17,18)12-3-2-8-15-13(12)16-9-10-4-6-11(14)7-5-10/h2-8H,9H2,1H3,(H,15,16). The molecule has 1 N–H and O–H groups in total. The summed E-state index contributed by atoms with van der Waals surface area (Å²) in [7, 11) is -3.33. The van der Waals surface area contributed by atoms with Crippen LogP contribution in [0.2, 0.25) is 0 Å². The largest absolute Gasteiger partial charge is 0.365 e. The van der Waals surface area contributed by atoms with Crippen molar-refractivity contribution in [1.82, 2.24) is 4.98 Å². The second-order valence-corrected chi connectivity index (χ2v) is 6.09. The van der Waals surface area contributed by atoms with Gasteiger partial charge < -0.3 is 5.32 Å². The fraction of sp³-hybridized carbons (Fsp3) is 0.154. The summed E-state index contributed by atoms with van der Waals surface area (Å²) in [6.45, 7) is 0.375. The lowest BCUT2D eigenvalue weighted by molar-refractivity contribution is 0.601. The number of hydrogen-bond donors (Lipinski definition) is 1. The molecule has 1 aromatic carbocycles. The molecule has 1 aromatic heterocycles. The molecule has 19 heavy (non-hydrogen) atoms. The van der Waals surface area contributed by atoms with Gasteiger partial charge in [0, 0.05) is 19.0 Å². The highest BCUT2D eigenvalue weighted by Gasteiger charge is 2.13. The minimum absolute atomic E-state index is 0.150. The molecule has 2 rings (SSSR count). The zero-order valence-electron chi connectivity index (χ0n) is 10.3. The Morgan fingerprint density at radius 2 is 1.89 bits per heavy atom. The monoisotopic (exact) mass is 280 g/mol.